The summed E-state index contributed by atoms with van der Waals surface area (Å²) in [5, 5.41) is 10.7. The second-order valence-corrected chi connectivity index (χ2v) is 8.69. The van der Waals surface area contributed by atoms with Crippen LogP contribution >= 0.6 is 0 Å². The Hall–Kier alpha value is -1.41. The smallest absolute Gasteiger partial charge is 0.184 e. The van der Waals surface area contributed by atoms with E-state index in [2.05, 4.69) is 45.9 Å². The van der Waals surface area contributed by atoms with Gasteiger partial charge in [0.1, 0.15) is 0 Å². The van der Waals surface area contributed by atoms with E-state index in [1.54, 1.807) is 0 Å². The molecule has 0 aromatic rings. The zero-order chi connectivity index (χ0) is 17.7. The highest BCUT2D eigenvalue weighted by molar-refractivity contribution is 6.10. The number of rotatable bonds is 1. The fraction of sp³-hybridized carbons (Fsp3) is 0.591. The van der Waals surface area contributed by atoms with Crippen LogP contribution in [0.2, 0.25) is 0 Å². The van der Waals surface area contributed by atoms with Gasteiger partial charge in [0.05, 0.1) is 6.10 Å². The van der Waals surface area contributed by atoms with Crippen LogP contribution in [0.5, 0.6) is 0 Å². The van der Waals surface area contributed by atoms with Crippen molar-refractivity contribution in [2.75, 3.05) is 0 Å². The third-order valence-corrected chi connectivity index (χ3v) is 6.44. The molecule has 0 amide bonds. The molecule has 0 aromatic carbocycles. The third-order valence-electron chi connectivity index (χ3n) is 6.44. The maximum atomic E-state index is 13.0. The molecule has 0 saturated heterocycles. The largest absolute Gasteiger partial charge is 0.392 e. The first-order chi connectivity index (χ1) is 11.2. The Morgan fingerprint density at radius 3 is 2.62 bits per heavy atom. The Morgan fingerprint density at radius 2 is 1.96 bits per heavy atom. The van der Waals surface area contributed by atoms with E-state index < -0.39 is 0 Å². The number of aliphatic hydroxyl groups excluding tert-OH is 1. The summed E-state index contributed by atoms with van der Waals surface area (Å²) in [5.41, 5.74) is 5.22. The molecule has 1 fully saturated rings. The van der Waals surface area contributed by atoms with Gasteiger partial charge in [-0.1, -0.05) is 44.6 Å². The summed E-state index contributed by atoms with van der Waals surface area (Å²) in [5.74, 6) is 0.183. The number of Topliss-reactive ketones (excluding diaryl/α,β-unsaturated/α-hetero) is 1. The van der Waals surface area contributed by atoms with E-state index in [9.17, 15) is 9.90 Å². The molecule has 130 valence electrons. The minimum Gasteiger partial charge on any atom is -0.392 e. The van der Waals surface area contributed by atoms with Crippen LogP contribution in [0.4, 0.5) is 0 Å². The quantitative estimate of drug-likeness (QED) is 0.684. The molecular formula is C22H30O2. The van der Waals surface area contributed by atoms with E-state index in [0.717, 1.165) is 36.8 Å². The molecule has 24 heavy (non-hydrogen) atoms. The average molecular weight is 326 g/mol. The lowest BCUT2D eigenvalue weighted by Crippen LogP contribution is -2.42. The molecule has 0 aromatic heterocycles. The molecule has 2 nitrogen and oxygen atoms in total. The Labute approximate surface area is 146 Å². The summed E-state index contributed by atoms with van der Waals surface area (Å²) in [7, 11) is 0. The molecule has 0 heterocycles. The number of fused-ring (bicyclic) bond motifs is 1. The topological polar surface area (TPSA) is 37.3 Å². The normalized spacial score (nSPS) is 34.8. The molecule has 2 heteroatoms. The molecule has 0 spiro atoms. The van der Waals surface area contributed by atoms with Gasteiger partial charge in [-0.2, -0.15) is 0 Å². The van der Waals surface area contributed by atoms with Crippen molar-refractivity contribution >= 4 is 5.78 Å². The number of carbonyl (C=O) groups is 1. The van der Waals surface area contributed by atoms with Gasteiger partial charge in [0.2, 0.25) is 0 Å². The van der Waals surface area contributed by atoms with Crippen molar-refractivity contribution in [2.45, 2.75) is 72.8 Å². The molecule has 3 aliphatic rings. The van der Waals surface area contributed by atoms with Crippen molar-refractivity contribution < 1.29 is 9.90 Å². The fourth-order valence-electron chi connectivity index (χ4n) is 4.84. The van der Waals surface area contributed by atoms with Crippen LogP contribution in [0.25, 0.3) is 0 Å². The predicted octanol–water partition coefficient (Wildman–Crippen LogP) is 5.06. The third kappa shape index (κ3) is 2.65. The summed E-state index contributed by atoms with van der Waals surface area (Å²) in [4.78, 5) is 13.0. The molecule has 3 rings (SSSR count). The van der Waals surface area contributed by atoms with Crippen molar-refractivity contribution in [3.8, 4) is 0 Å². The van der Waals surface area contributed by atoms with Crippen LogP contribution in [0, 0.1) is 10.8 Å². The first kappa shape index (κ1) is 17.4. The number of hydrogen-bond acceptors (Lipinski definition) is 2. The van der Waals surface area contributed by atoms with E-state index in [-0.39, 0.29) is 22.7 Å². The standard InChI is InChI=1S/C22H30O2/c1-14-8-7-11-21(3,4)18(14)12-16-13-22(5)17(15(2)20(16)24)9-6-10-19(22)23/h7-8,12,19,23H,6,9-11,13H2,1-5H3/t19-,22-/m0/s1. The Balaban J connectivity index is 2.09. The monoisotopic (exact) mass is 326 g/mol. The van der Waals surface area contributed by atoms with E-state index in [0.29, 0.717) is 6.42 Å². The van der Waals surface area contributed by atoms with Crippen LogP contribution in [0.15, 0.2) is 46.1 Å². The van der Waals surface area contributed by atoms with Crippen LogP contribution < -0.4 is 0 Å². The summed E-state index contributed by atoms with van der Waals surface area (Å²) in [6, 6.07) is 0. The maximum absolute atomic E-state index is 13.0. The first-order valence-corrected chi connectivity index (χ1v) is 9.18. The van der Waals surface area contributed by atoms with Gasteiger partial charge in [0, 0.05) is 11.0 Å². The maximum Gasteiger partial charge on any atom is 0.184 e. The second kappa shape index (κ2) is 5.84. The number of hydrogen-bond donors (Lipinski definition) is 1. The highest BCUT2D eigenvalue weighted by Gasteiger charge is 2.45. The lowest BCUT2D eigenvalue weighted by Gasteiger charge is -2.45. The lowest BCUT2D eigenvalue weighted by atomic mass is 9.60. The zero-order valence-corrected chi connectivity index (χ0v) is 15.7. The van der Waals surface area contributed by atoms with Gasteiger partial charge in [-0.15, -0.1) is 0 Å². The molecule has 1 N–H and O–H groups in total. The molecule has 0 aliphatic heterocycles. The molecule has 3 aliphatic carbocycles. The first-order valence-electron chi connectivity index (χ1n) is 9.18. The lowest BCUT2D eigenvalue weighted by molar-refractivity contribution is -0.113. The predicted molar refractivity (Wildman–Crippen MR) is 98.6 cm³/mol. The van der Waals surface area contributed by atoms with Gasteiger partial charge in [0.15, 0.2) is 5.78 Å². The average Bonchev–Trinajstić information content (AvgIpc) is 2.50. The highest BCUT2D eigenvalue weighted by atomic mass is 16.3. The van der Waals surface area contributed by atoms with Crippen molar-refractivity contribution in [2.24, 2.45) is 10.8 Å². The fourth-order valence-corrected chi connectivity index (χ4v) is 4.84. The van der Waals surface area contributed by atoms with Crippen LogP contribution in [-0.2, 0) is 4.79 Å². The van der Waals surface area contributed by atoms with Crippen LogP contribution in [0.3, 0.4) is 0 Å². The minimum absolute atomic E-state index is 0.0517. The summed E-state index contributed by atoms with van der Waals surface area (Å²) in [6.07, 6.45) is 10.6. The molecule has 1 saturated carbocycles. The molecule has 2 atom stereocenters. The van der Waals surface area contributed by atoms with Crippen molar-refractivity contribution in [3.63, 3.8) is 0 Å². The number of allylic oxidation sites excluding steroid dienone is 7. The van der Waals surface area contributed by atoms with Crippen LogP contribution in [-0.4, -0.2) is 17.0 Å². The molecule has 0 bridgehead atoms. The number of carbonyl (C=O) groups excluding carboxylic acids is 1. The number of ketones is 1. The van der Waals surface area contributed by atoms with Crippen molar-refractivity contribution in [1.82, 2.24) is 0 Å². The Kier molecular flexibility index (Phi) is 4.24. The van der Waals surface area contributed by atoms with E-state index in [1.165, 1.54) is 16.7 Å². The summed E-state index contributed by atoms with van der Waals surface area (Å²) < 4.78 is 0. The van der Waals surface area contributed by atoms with E-state index in [4.69, 9.17) is 0 Å². The SMILES string of the molecule is CC1=C(C=C2C[C@@]3(C)C(=C(C)C2=O)CCC[C@@H]3O)C(C)(C)CC=C1. The molecule has 0 unspecified atom stereocenters. The van der Waals surface area contributed by atoms with Gasteiger partial charge in [-0.25, -0.2) is 0 Å². The van der Waals surface area contributed by atoms with Gasteiger partial charge >= 0.3 is 0 Å². The van der Waals surface area contributed by atoms with Gasteiger partial charge in [0.25, 0.3) is 0 Å². The van der Waals surface area contributed by atoms with Crippen LogP contribution in [0.1, 0.15) is 66.7 Å². The van der Waals surface area contributed by atoms with E-state index in [1.807, 2.05) is 6.92 Å². The molecule has 0 radical (unpaired) electrons. The Bertz CT molecular complexity index is 699. The van der Waals surface area contributed by atoms with Gasteiger partial charge < -0.3 is 5.11 Å². The Morgan fingerprint density at radius 1 is 1.25 bits per heavy atom. The van der Waals surface area contributed by atoms with Crippen molar-refractivity contribution in [3.05, 3.63) is 46.1 Å². The van der Waals surface area contributed by atoms with Gasteiger partial charge in [-0.3, -0.25) is 4.79 Å². The molecular weight excluding hydrogens is 296 g/mol. The number of aliphatic hydroxyl groups is 1. The zero-order valence-electron chi connectivity index (χ0n) is 15.7. The van der Waals surface area contributed by atoms with Gasteiger partial charge in [-0.05, 0) is 68.1 Å². The van der Waals surface area contributed by atoms with Crippen molar-refractivity contribution in [1.29, 1.82) is 0 Å². The minimum atomic E-state index is -0.345. The van der Waals surface area contributed by atoms with E-state index >= 15 is 0 Å². The summed E-state index contributed by atoms with van der Waals surface area (Å²) >= 11 is 0. The summed E-state index contributed by atoms with van der Waals surface area (Å²) in [6.45, 7) is 10.7. The second-order valence-electron chi connectivity index (χ2n) is 8.69. The highest BCUT2D eigenvalue weighted by Crippen LogP contribution is 2.51.